The lowest BCUT2D eigenvalue weighted by Gasteiger charge is -2.23. The maximum atomic E-state index is 12.9. The van der Waals surface area contributed by atoms with Gasteiger partial charge in [0.15, 0.2) is 0 Å². The standard InChI is InChI=1S/C22H27N3O5/c1-3-4-5-18(14(2)10-15-6-8-16(9-7-15)21(27)28)20(26)25-19(22(29)30)11-17-12-23-13-24-17/h4-9,12-14,18-19H,3,10-11H2,1-2H3,(H,23,24)(H,25,26)(H,27,28)(H,29,30)/b5-4+. The van der Waals surface area contributed by atoms with Gasteiger partial charge in [-0.3, -0.25) is 4.79 Å². The van der Waals surface area contributed by atoms with Gasteiger partial charge in [0.2, 0.25) is 5.91 Å². The molecule has 160 valence electrons. The average Bonchev–Trinajstić information content (AvgIpc) is 3.21. The molecule has 1 heterocycles. The molecule has 0 aliphatic rings. The van der Waals surface area contributed by atoms with Crippen LogP contribution in [0.25, 0.3) is 0 Å². The molecule has 1 aromatic heterocycles. The van der Waals surface area contributed by atoms with Crippen LogP contribution in [0.5, 0.6) is 0 Å². The van der Waals surface area contributed by atoms with Crippen LogP contribution in [0.2, 0.25) is 0 Å². The highest BCUT2D eigenvalue weighted by Gasteiger charge is 2.28. The summed E-state index contributed by atoms with van der Waals surface area (Å²) in [5, 5.41) is 21.2. The minimum absolute atomic E-state index is 0.107. The summed E-state index contributed by atoms with van der Waals surface area (Å²) in [6.45, 7) is 3.87. The van der Waals surface area contributed by atoms with Crippen molar-refractivity contribution >= 4 is 17.8 Å². The highest BCUT2D eigenvalue weighted by atomic mass is 16.4. The Hall–Kier alpha value is -3.42. The molecule has 8 heteroatoms. The number of aromatic amines is 1. The van der Waals surface area contributed by atoms with Crippen molar-refractivity contribution in [1.29, 1.82) is 0 Å². The normalized spacial score (nSPS) is 14.2. The monoisotopic (exact) mass is 413 g/mol. The van der Waals surface area contributed by atoms with E-state index in [0.717, 1.165) is 12.0 Å². The summed E-state index contributed by atoms with van der Waals surface area (Å²) < 4.78 is 0. The van der Waals surface area contributed by atoms with Gasteiger partial charge < -0.3 is 20.5 Å². The van der Waals surface area contributed by atoms with E-state index in [4.69, 9.17) is 5.11 Å². The van der Waals surface area contributed by atoms with E-state index in [1.165, 1.54) is 24.7 Å². The van der Waals surface area contributed by atoms with Crippen molar-refractivity contribution in [2.24, 2.45) is 11.8 Å². The van der Waals surface area contributed by atoms with Crippen LogP contribution in [0.15, 0.2) is 48.9 Å². The zero-order valence-corrected chi connectivity index (χ0v) is 17.0. The molecule has 0 aliphatic carbocycles. The third-order valence-corrected chi connectivity index (χ3v) is 4.85. The first-order chi connectivity index (χ1) is 14.3. The number of aromatic nitrogens is 2. The fourth-order valence-electron chi connectivity index (χ4n) is 3.18. The van der Waals surface area contributed by atoms with Gasteiger partial charge in [0.25, 0.3) is 0 Å². The molecule has 4 N–H and O–H groups in total. The van der Waals surface area contributed by atoms with Crippen LogP contribution in [-0.4, -0.2) is 44.1 Å². The zero-order chi connectivity index (χ0) is 22.1. The van der Waals surface area contributed by atoms with Gasteiger partial charge in [-0.15, -0.1) is 0 Å². The molecule has 0 spiro atoms. The summed E-state index contributed by atoms with van der Waals surface area (Å²) >= 11 is 0. The Balaban J connectivity index is 2.11. The molecule has 1 amide bonds. The summed E-state index contributed by atoms with van der Waals surface area (Å²) in [4.78, 5) is 42.3. The second-order valence-electron chi connectivity index (χ2n) is 7.23. The van der Waals surface area contributed by atoms with E-state index in [-0.39, 0.29) is 23.8 Å². The lowest BCUT2D eigenvalue weighted by Crippen LogP contribution is -2.46. The van der Waals surface area contributed by atoms with E-state index in [9.17, 15) is 19.5 Å². The summed E-state index contributed by atoms with van der Waals surface area (Å²) in [5.74, 6) is -3.11. The molecule has 3 unspecified atom stereocenters. The maximum absolute atomic E-state index is 12.9. The SMILES string of the molecule is CC/C=C/C(C(=O)NC(Cc1cnc[nH]1)C(=O)O)C(C)Cc1ccc(C(=O)O)cc1. The summed E-state index contributed by atoms with van der Waals surface area (Å²) in [6.07, 6.45) is 8.08. The fraction of sp³-hybridized carbons (Fsp3) is 0.364. The van der Waals surface area contributed by atoms with Gasteiger partial charge in [0, 0.05) is 18.3 Å². The number of allylic oxidation sites excluding steroid dienone is 1. The van der Waals surface area contributed by atoms with Crippen molar-refractivity contribution in [2.45, 2.75) is 39.2 Å². The Bertz CT molecular complexity index is 875. The molecule has 3 atom stereocenters. The van der Waals surface area contributed by atoms with Crippen LogP contribution in [0, 0.1) is 11.8 Å². The first-order valence-electron chi connectivity index (χ1n) is 9.81. The molecule has 2 rings (SSSR count). The maximum Gasteiger partial charge on any atom is 0.335 e. The molecule has 0 saturated heterocycles. The molecule has 0 bridgehead atoms. The Morgan fingerprint density at radius 3 is 2.40 bits per heavy atom. The number of aliphatic carboxylic acids is 1. The Morgan fingerprint density at radius 2 is 1.87 bits per heavy atom. The second-order valence-corrected chi connectivity index (χ2v) is 7.23. The zero-order valence-electron chi connectivity index (χ0n) is 17.0. The van der Waals surface area contributed by atoms with Gasteiger partial charge in [-0.1, -0.05) is 38.1 Å². The van der Waals surface area contributed by atoms with Crippen LogP contribution in [0.1, 0.15) is 41.9 Å². The van der Waals surface area contributed by atoms with Gasteiger partial charge in [-0.05, 0) is 36.5 Å². The van der Waals surface area contributed by atoms with Crippen molar-refractivity contribution in [2.75, 3.05) is 0 Å². The number of H-pyrrole nitrogens is 1. The van der Waals surface area contributed by atoms with Gasteiger partial charge in [0.1, 0.15) is 6.04 Å². The number of carboxylic acids is 2. The van der Waals surface area contributed by atoms with Crippen LogP contribution in [-0.2, 0) is 22.4 Å². The van der Waals surface area contributed by atoms with Gasteiger partial charge in [-0.25, -0.2) is 14.6 Å². The van der Waals surface area contributed by atoms with Crippen LogP contribution < -0.4 is 5.32 Å². The number of amides is 1. The topological polar surface area (TPSA) is 132 Å². The molecule has 0 saturated carbocycles. The molecule has 30 heavy (non-hydrogen) atoms. The quantitative estimate of drug-likeness (QED) is 0.419. The minimum Gasteiger partial charge on any atom is -0.480 e. The predicted octanol–water partition coefficient (Wildman–Crippen LogP) is 2.68. The fourth-order valence-corrected chi connectivity index (χ4v) is 3.18. The Morgan fingerprint density at radius 1 is 1.17 bits per heavy atom. The number of benzene rings is 1. The number of nitrogens with zero attached hydrogens (tertiary/aromatic N) is 1. The third kappa shape index (κ3) is 6.58. The van der Waals surface area contributed by atoms with Gasteiger partial charge in [0.05, 0.1) is 17.8 Å². The van der Waals surface area contributed by atoms with E-state index >= 15 is 0 Å². The number of rotatable bonds is 11. The lowest BCUT2D eigenvalue weighted by molar-refractivity contribution is -0.142. The number of nitrogens with one attached hydrogen (secondary N) is 2. The first-order valence-corrected chi connectivity index (χ1v) is 9.81. The highest BCUT2D eigenvalue weighted by Crippen LogP contribution is 2.20. The van der Waals surface area contributed by atoms with E-state index in [0.29, 0.717) is 12.1 Å². The van der Waals surface area contributed by atoms with E-state index in [1.807, 2.05) is 19.9 Å². The van der Waals surface area contributed by atoms with Crippen LogP contribution in [0.4, 0.5) is 0 Å². The first kappa shape index (κ1) is 22.9. The van der Waals surface area contributed by atoms with Crippen LogP contribution in [0.3, 0.4) is 0 Å². The summed E-state index contributed by atoms with van der Waals surface area (Å²) in [5.41, 5.74) is 1.73. The Labute approximate surface area is 175 Å². The van der Waals surface area contributed by atoms with Crippen molar-refractivity contribution in [1.82, 2.24) is 15.3 Å². The number of hydrogen-bond donors (Lipinski definition) is 4. The Kier molecular flexibility index (Phi) is 8.34. The minimum atomic E-state index is -1.12. The van der Waals surface area contributed by atoms with Crippen molar-refractivity contribution in [3.8, 4) is 0 Å². The van der Waals surface area contributed by atoms with E-state index in [1.54, 1.807) is 18.2 Å². The number of carboxylic acid groups (broad SMARTS) is 2. The average molecular weight is 413 g/mol. The van der Waals surface area contributed by atoms with Crippen molar-refractivity contribution < 1.29 is 24.6 Å². The summed E-state index contributed by atoms with van der Waals surface area (Å²) in [7, 11) is 0. The summed E-state index contributed by atoms with van der Waals surface area (Å²) in [6, 6.07) is 5.46. The third-order valence-electron chi connectivity index (χ3n) is 4.85. The highest BCUT2D eigenvalue weighted by molar-refractivity contribution is 5.87. The molecule has 8 nitrogen and oxygen atoms in total. The number of imidazole rings is 1. The van der Waals surface area contributed by atoms with E-state index < -0.39 is 23.9 Å². The number of carbonyl (C=O) groups is 3. The predicted molar refractivity (Wildman–Crippen MR) is 111 cm³/mol. The van der Waals surface area contributed by atoms with E-state index in [2.05, 4.69) is 15.3 Å². The molecule has 1 aromatic carbocycles. The van der Waals surface area contributed by atoms with Gasteiger partial charge in [-0.2, -0.15) is 0 Å². The number of hydrogen-bond acceptors (Lipinski definition) is 4. The van der Waals surface area contributed by atoms with Gasteiger partial charge >= 0.3 is 11.9 Å². The molecule has 0 radical (unpaired) electrons. The van der Waals surface area contributed by atoms with Crippen molar-refractivity contribution in [3.05, 3.63) is 65.8 Å². The molecule has 2 aromatic rings. The van der Waals surface area contributed by atoms with Crippen molar-refractivity contribution in [3.63, 3.8) is 0 Å². The number of aromatic carboxylic acids is 1. The number of carbonyl (C=O) groups excluding carboxylic acids is 1. The molecule has 0 fully saturated rings. The molecule has 0 aliphatic heterocycles. The second kappa shape index (κ2) is 10.9. The van der Waals surface area contributed by atoms with Crippen LogP contribution >= 0.6 is 0 Å². The molecular formula is C22H27N3O5. The smallest absolute Gasteiger partial charge is 0.335 e. The molecular weight excluding hydrogens is 386 g/mol. The lowest BCUT2D eigenvalue weighted by atomic mass is 9.86. The largest absolute Gasteiger partial charge is 0.480 e.